The molecule has 1 aromatic rings. The third-order valence-electron chi connectivity index (χ3n) is 1.78. The predicted octanol–water partition coefficient (Wildman–Crippen LogP) is 2.10. The number of carbonyl (C=O) groups excluding carboxylic acids is 1. The van der Waals surface area contributed by atoms with Crippen molar-refractivity contribution in [2.24, 2.45) is 0 Å². The van der Waals surface area contributed by atoms with E-state index < -0.39 is 0 Å². The van der Waals surface area contributed by atoms with Gasteiger partial charge in [-0.25, -0.2) is 0 Å². The van der Waals surface area contributed by atoms with Crippen LogP contribution in [0, 0.1) is 0 Å². The lowest BCUT2D eigenvalue weighted by atomic mass is 10.3. The highest BCUT2D eigenvalue weighted by Crippen LogP contribution is 2.34. The Morgan fingerprint density at radius 2 is 2.00 bits per heavy atom. The van der Waals surface area contributed by atoms with Crippen molar-refractivity contribution in [2.45, 2.75) is 11.8 Å². The highest BCUT2D eigenvalue weighted by atomic mass is 32.2. The average Bonchev–Trinajstić information content (AvgIpc) is 2.17. The van der Waals surface area contributed by atoms with E-state index in [-0.39, 0.29) is 5.12 Å². The fourth-order valence-electron chi connectivity index (χ4n) is 1.25. The van der Waals surface area contributed by atoms with Crippen molar-refractivity contribution >= 4 is 16.9 Å². The van der Waals surface area contributed by atoms with E-state index >= 15 is 0 Å². The zero-order valence-electron chi connectivity index (χ0n) is 7.78. The van der Waals surface area contributed by atoms with Crippen molar-refractivity contribution in [3.05, 3.63) is 18.2 Å². The second kappa shape index (κ2) is 3.92. The fraction of sp³-hybridized carbons (Fsp3) is 0.300. The van der Waals surface area contributed by atoms with Crippen LogP contribution in [0.4, 0.5) is 0 Å². The maximum Gasteiger partial charge on any atom is 0.190 e. The summed E-state index contributed by atoms with van der Waals surface area (Å²) in [4.78, 5) is 11.8. The molecule has 0 atom stereocenters. The molecule has 3 nitrogen and oxygen atoms in total. The van der Waals surface area contributed by atoms with Gasteiger partial charge in [0, 0.05) is 11.8 Å². The van der Waals surface area contributed by atoms with Crippen LogP contribution in [-0.2, 0) is 4.79 Å². The minimum absolute atomic E-state index is 0.0710. The van der Waals surface area contributed by atoms with Crippen LogP contribution in [0.5, 0.6) is 11.5 Å². The molecule has 1 aliphatic heterocycles. The molecule has 0 radical (unpaired) electrons. The first-order chi connectivity index (χ1) is 6.75. The molecular weight excluding hydrogens is 200 g/mol. The molecule has 0 saturated heterocycles. The van der Waals surface area contributed by atoms with Crippen LogP contribution >= 0.6 is 11.8 Å². The van der Waals surface area contributed by atoms with Gasteiger partial charge in [0.2, 0.25) is 0 Å². The van der Waals surface area contributed by atoms with Crippen LogP contribution in [0.15, 0.2) is 23.1 Å². The molecule has 0 aromatic heterocycles. The summed E-state index contributed by atoms with van der Waals surface area (Å²) in [6.07, 6.45) is 0. The Kier molecular flexibility index (Phi) is 2.63. The summed E-state index contributed by atoms with van der Waals surface area (Å²) < 4.78 is 10.8. The van der Waals surface area contributed by atoms with Gasteiger partial charge in [0.15, 0.2) is 16.6 Å². The van der Waals surface area contributed by atoms with Crippen molar-refractivity contribution in [3.63, 3.8) is 0 Å². The van der Waals surface area contributed by atoms with Gasteiger partial charge in [-0.2, -0.15) is 0 Å². The lowest BCUT2D eigenvalue weighted by Crippen LogP contribution is -2.15. The standard InChI is InChI=1S/C10H10O3S/c1-7(11)14-8-2-3-9-10(6-8)13-5-4-12-9/h2-3,6H,4-5H2,1H3. The van der Waals surface area contributed by atoms with Crippen molar-refractivity contribution in [2.75, 3.05) is 13.2 Å². The Labute approximate surface area is 86.4 Å². The van der Waals surface area contributed by atoms with Crippen molar-refractivity contribution in [1.29, 1.82) is 0 Å². The molecule has 0 bridgehead atoms. The van der Waals surface area contributed by atoms with E-state index in [0.29, 0.717) is 13.2 Å². The lowest BCUT2D eigenvalue weighted by Gasteiger charge is -2.18. The van der Waals surface area contributed by atoms with Crippen molar-refractivity contribution < 1.29 is 14.3 Å². The van der Waals surface area contributed by atoms with Crippen LogP contribution < -0.4 is 9.47 Å². The van der Waals surface area contributed by atoms with Crippen LogP contribution in [0.1, 0.15) is 6.92 Å². The number of hydrogen-bond donors (Lipinski definition) is 0. The predicted molar refractivity (Wildman–Crippen MR) is 54.0 cm³/mol. The molecule has 0 spiro atoms. The van der Waals surface area contributed by atoms with E-state index in [4.69, 9.17) is 9.47 Å². The topological polar surface area (TPSA) is 35.5 Å². The Morgan fingerprint density at radius 3 is 2.71 bits per heavy atom. The Morgan fingerprint density at radius 1 is 1.29 bits per heavy atom. The van der Waals surface area contributed by atoms with Crippen LogP contribution in [0.3, 0.4) is 0 Å². The largest absolute Gasteiger partial charge is 0.486 e. The number of hydrogen-bond acceptors (Lipinski definition) is 4. The number of fused-ring (bicyclic) bond motifs is 1. The highest BCUT2D eigenvalue weighted by molar-refractivity contribution is 8.13. The molecule has 0 amide bonds. The summed E-state index contributed by atoms with van der Waals surface area (Å²) in [5, 5.41) is 0.0710. The molecule has 2 rings (SSSR count). The van der Waals surface area contributed by atoms with Gasteiger partial charge in [0.25, 0.3) is 0 Å². The van der Waals surface area contributed by atoms with E-state index in [9.17, 15) is 4.79 Å². The molecule has 0 unspecified atom stereocenters. The van der Waals surface area contributed by atoms with Gasteiger partial charge in [-0.05, 0) is 18.2 Å². The third kappa shape index (κ3) is 2.01. The number of ether oxygens (including phenoxy) is 2. The molecule has 14 heavy (non-hydrogen) atoms. The summed E-state index contributed by atoms with van der Waals surface area (Å²) in [5.41, 5.74) is 0. The molecule has 0 N–H and O–H groups in total. The first-order valence-corrected chi connectivity index (χ1v) is 5.15. The van der Waals surface area contributed by atoms with Gasteiger partial charge in [-0.3, -0.25) is 4.79 Å². The zero-order chi connectivity index (χ0) is 9.97. The van der Waals surface area contributed by atoms with Gasteiger partial charge in [0.1, 0.15) is 13.2 Å². The monoisotopic (exact) mass is 210 g/mol. The van der Waals surface area contributed by atoms with E-state index in [1.54, 1.807) is 6.92 Å². The lowest BCUT2D eigenvalue weighted by molar-refractivity contribution is -0.109. The molecule has 0 fully saturated rings. The average molecular weight is 210 g/mol. The van der Waals surface area contributed by atoms with Crippen LogP contribution in [0.25, 0.3) is 0 Å². The molecular formula is C10H10O3S. The van der Waals surface area contributed by atoms with Crippen molar-refractivity contribution in [3.8, 4) is 11.5 Å². The fourth-order valence-corrected chi connectivity index (χ4v) is 1.89. The van der Waals surface area contributed by atoms with Crippen LogP contribution in [-0.4, -0.2) is 18.3 Å². The van der Waals surface area contributed by atoms with Gasteiger partial charge in [0.05, 0.1) is 0 Å². The van der Waals surface area contributed by atoms with E-state index in [1.807, 2.05) is 18.2 Å². The van der Waals surface area contributed by atoms with E-state index in [0.717, 1.165) is 16.4 Å². The Balaban J connectivity index is 2.24. The molecule has 74 valence electrons. The first kappa shape index (κ1) is 9.40. The van der Waals surface area contributed by atoms with Gasteiger partial charge in [-0.1, -0.05) is 11.8 Å². The molecule has 4 heteroatoms. The van der Waals surface area contributed by atoms with Gasteiger partial charge < -0.3 is 9.47 Å². The summed E-state index contributed by atoms with van der Waals surface area (Å²) in [7, 11) is 0. The number of thioether (sulfide) groups is 1. The number of carbonyl (C=O) groups is 1. The van der Waals surface area contributed by atoms with Gasteiger partial charge >= 0.3 is 0 Å². The summed E-state index contributed by atoms with van der Waals surface area (Å²) >= 11 is 1.20. The maximum absolute atomic E-state index is 10.9. The van der Waals surface area contributed by atoms with E-state index in [1.165, 1.54) is 11.8 Å². The SMILES string of the molecule is CC(=O)Sc1ccc2c(c1)OCCO2. The molecule has 0 saturated carbocycles. The maximum atomic E-state index is 10.9. The van der Waals surface area contributed by atoms with E-state index in [2.05, 4.69) is 0 Å². The van der Waals surface area contributed by atoms with Gasteiger partial charge in [-0.15, -0.1) is 0 Å². The normalized spacial score (nSPS) is 13.8. The quantitative estimate of drug-likeness (QED) is 0.665. The molecule has 1 heterocycles. The number of rotatable bonds is 1. The minimum atomic E-state index is 0.0710. The molecule has 0 aliphatic carbocycles. The smallest absolute Gasteiger partial charge is 0.190 e. The third-order valence-corrected chi connectivity index (χ3v) is 2.55. The summed E-state index contributed by atoms with van der Waals surface area (Å²) in [6, 6.07) is 5.53. The first-order valence-electron chi connectivity index (χ1n) is 4.34. The summed E-state index contributed by atoms with van der Waals surface area (Å²) in [6.45, 7) is 2.70. The zero-order valence-corrected chi connectivity index (χ0v) is 8.60. The minimum Gasteiger partial charge on any atom is -0.486 e. The molecule has 1 aliphatic rings. The number of benzene rings is 1. The summed E-state index contributed by atoms with van der Waals surface area (Å²) in [5.74, 6) is 1.48. The second-order valence-electron chi connectivity index (χ2n) is 2.90. The Hall–Kier alpha value is -1.16. The second-order valence-corrected chi connectivity index (χ2v) is 4.15. The highest BCUT2D eigenvalue weighted by Gasteiger charge is 2.12. The van der Waals surface area contributed by atoms with Crippen LogP contribution in [0.2, 0.25) is 0 Å². The Bertz CT molecular complexity index is 362. The van der Waals surface area contributed by atoms with Crippen molar-refractivity contribution in [1.82, 2.24) is 0 Å². The molecule has 1 aromatic carbocycles.